The summed E-state index contributed by atoms with van der Waals surface area (Å²) in [6.45, 7) is 1.72. The fraction of sp³-hybridized carbons (Fsp3) is 0.316. The number of methoxy groups -OCH3 is 2. The van der Waals surface area contributed by atoms with E-state index in [0.717, 1.165) is 0 Å². The molecule has 3 atom stereocenters. The van der Waals surface area contributed by atoms with E-state index in [-0.39, 0.29) is 0 Å². The molecule has 9 nitrogen and oxygen atoms in total. The van der Waals surface area contributed by atoms with Gasteiger partial charge in [-0.25, -0.2) is 13.8 Å². The zero-order valence-electron chi connectivity index (χ0n) is 16.6. The zero-order valence-corrected chi connectivity index (χ0v) is 18.2. The van der Waals surface area contributed by atoms with Gasteiger partial charge in [-0.3, -0.25) is 14.9 Å². The second-order valence-corrected chi connectivity index (χ2v) is 9.01. The molecule has 0 bridgehead atoms. The number of sulfonamides is 1. The highest BCUT2D eigenvalue weighted by molar-refractivity contribution is 7.93. The average molecular weight is 455 g/mol. The topological polar surface area (TPSA) is 118 Å². The summed E-state index contributed by atoms with van der Waals surface area (Å²) in [5.41, 5.74) is 6.31. The molecule has 3 rings (SSSR count). The summed E-state index contributed by atoms with van der Waals surface area (Å²) in [5, 5.41) is 2.03. The van der Waals surface area contributed by atoms with Crippen LogP contribution in [0.4, 0.5) is 11.4 Å². The maximum Gasteiger partial charge on any atom is 0.250 e. The summed E-state index contributed by atoms with van der Waals surface area (Å²) >= 11 is 5.84. The van der Waals surface area contributed by atoms with Crippen molar-refractivity contribution in [1.82, 2.24) is 10.9 Å². The summed E-state index contributed by atoms with van der Waals surface area (Å²) in [4.78, 5) is 13.0. The first kappa shape index (κ1) is 22.2. The molecule has 1 saturated heterocycles. The lowest BCUT2D eigenvalue weighted by atomic mass is 10.0. The number of anilines is 2. The molecule has 1 fully saturated rings. The zero-order chi connectivity index (χ0) is 21.9. The van der Waals surface area contributed by atoms with E-state index < -0.39 is 33.3 Å². The van der Waals surface area contributed by atoms with Crippen molar-refractivity contribution in [3.63, 3.8) is 0 Å². The van der Waals surface area contributed by atoms with Crippen LogP contribution in [0.3, 0.4) is 0 Å². The predicted molar refractivity (Wildman–Crippen MR) is 115 cm³/mol. The number of benzene rings is 2. The molecule has 162 valence electrons. The second-order valence-electron chi connectivity index (χ2n) is 6.77. The highest BCUT2D eigenvalue weighted by Gasteiger charge is 2.46. The number of amides is 1. The first-order valence-electron chi connectivity index (χ1n) is 9.05. The lowest BCUT2D eigenvalue weighted by Crippen LogP contribution is -2.45. The van der Waals surface area contributed by atoms with E-state index >= 15 is 0 Å². The Morgan fingerprint density at radius 2 is 1.60 bits per heavy atom. The van der Waals surface area contributed by atoms with E-state index in [4.69, 9.17) is 21.1 Å². The molecule has 0 aliphatic carbocycles. The normalized spacial score (nSPS) is 21.1. The number of carbonyl (C=O) groups excluding carboxylic acids is 1. The molecule has 11 heteroatoms. The van der Waals surface area contributed by atoms with Crippen LogP contribution in [0.1, 0.15) is 6.92 Å². The minimum Gasteiger partial charge on any atom is -0.497 e. The highest BCUT2D eigenvalue weighted by Crippen LogP contribution is 2.28. The molecule has 1 aliphatic heterocycles. The third-order valence-corrected chi connectivity index (χ3v) is 6.53. The van der Waals surface area contributed by atoms with Gasteiger partial charge < -0.3 is 14.8 Å². The fourth-order valence-corrected chi connectivity index (χ4v) is 4.83. The molecule has 2 aromatic carbocycles. The van der Waals surface area contributed by atoms with Crippen LogP contribution in [0.25, 0.3) is 0 Å². The minimum absolute atomic E-state index is 0.345. The van der Waals surface area contributed by atoms with Crippen LogP contribution >= 0.6 is 11.6 Å². The molecule has 30 heavy (non-hydrogen) atoms. The maximum absolute atomic E-state index is 13.0. The van der Waals surface area contributed by atoms with Crippen LogP contribution < -0.4 is 30.4 Å². The van der Waals surface area contributed by atoms with Crippen LogP contribution in [0.5, 0.6) is 11.5 Å². The Bertz CT molecular complexity index is 994. The smallest absolute Gasteiger partial charge is 0.250 e. The highest BCUT2D eigenvalue weighted by atomic mass is 35.5. The molecule has 0 saturated carbocycles. The molecule has 2 aromatic rings. The SMILES string of the molecule is COc1cc(NC(=O)C2C(C)NNC2S(=O)(=O)Nc2ccc(Cl)cc2)cc(OC)c1. The Kier molecular flexibility index (Phi) is 6.71. The second kappa shape index (κ2) is 9.09. The molecular formula is C19H23ClN4O5S. The third-order valence-electron chi connectivity index (χ3n) is 4.68. The van der Waals surface area contributed by atoms with Gasteiger partial charge in [0.2, 0.25) is 5.91 Å². The van der Waals surface area contributed by atoms with Gasteiger partial charge in [0.15, 0.2) is 5.37 Å². The first-order valence-corrected chi connectivity index (χ1v) is 11.0. The molecule has 1 heterocycles. The van der Waals surface area contributed by atoms with Gasteiger partial charge in [0.05, 0.1) is 20.1 Å². The van der Waals surface area contributed by atoms with Crippen molar-refractivity contribution < 1.29 is 22.7 Å². The van der Waals surface area contributed by atoms with E-state index in [2.05, 4.69) is 20.9 Å². The minimum atomic E-state index is -3.95. The molecule has 3 unspecified atom stereocenters. The van der Waals surface area contributed by atoms with Gasteiger partial charge in [-0.05, 0) is 31.2 Å². The van der Waals surface area contributed by atoms with Gasteiger partial charge in [-0.15, -0.1) is 0 Å². The summed E-state index contributed by atoms with van der Waals surface area (Å²) in [7, 11) is -0.951. The van der Waals surface area contributed by atoms with Crippen molar-refractivity contribution >= 4 is 38.9 Å². The maximum atomic E-state index is 13.0. The Hall–Kier alpha value is -2.53. The molecule has 1 amide bonds. The molecule has 0 aromatic heterocycles. The molecule has 1 aliphatic rings. The number of hydrazine groups is 1. The number of hydrogen-bond donors (Lipinski definition) is 4. The van der Waals surface area contributed by atoms with Crippen molar-refractivity contribution in [2.24, 2.45) is 5.92 Å². The van der Waals surface area contributed by atoms with E-state index in [9.17, 15) is 13.2 Å². The molecule has 4 N–H and O–H groups in total. The largest absolute Gasteiger partial charge is 0.497 e. The third kappa shape index (κ3) is 4.96. The number of rotatable bonds is 7. The number of hydrogen-bond acceptors (Lipinski definition) is 7. The van der Waals surface area contributed by atoms with Gasteiger partial charge in [0.25, 0.3) is 10.0 Å². The van der Waals surface area contributed by atoms with Gasteiger partial charge in [-0.1, -0.05) is 11.6 Å². The Morgan fingerprint density at radius 1 is 1.00 bits per heavy atom. The summed E-state index contributed by atoms with van der Waals surface area (Å²) in [6.07, 6.45) is 0. The van der Waals surface area contributed by atoms with E-state index in [1.54, 1.807) is 49.4 Å². The monoisotopic (exact) mass is 454 g/mol. The quantitative estimate of drug-likeness (QED) is 0.506. The molecule has 0 radical (unpaired) electrons. The number of ether oxygens (including phenoxy) is 2. The summed E-state index contributed by atoms with van der Waals surface area (Å²) < 4.78 is 38.8. The lowest BCUT2D eigenvalue weighted by Gasteiger charge is -2.21. The van der Waals surface area contributed by atoms with Gasteiger partial charge in [-0.2, -0.15) is 0 Å². The van der Waals surface area contributed by atoms with Gasteiger partial charge >= 0.3 is 0 Å². The Labute approximate surface area is 180 Å². The van der Waals surface area contributed by atoms with Crippen molar-refractivity contribution in [2.75, 3.05) is 24.3 Å². The van der Waals surface area contributed by atoms with Crippen molar-refractivity contribution in [3.8, 4) is 11.5 Å². The van der Waals surface area contributed by atoms with Crippen LogP contribution in [0.2, 0.25) is 5.02 Å². The average Bonchev–Trinajstić information content (AvgIpc) is 3.11. The summed E-state index contributed by atoms with van der Waals surface area (Å²) in [6, 6.07) is 10.7. The lowest BCUT2D eigenvalue weighted by molar-refractivity contribution is -0.119. The first-order chi connectivity index (χ1) is 14.2. The van der Waals surface area contributed by atoms with Crippen LogP contribution in [0.15, 0.2) is 42.5 Å². The number of halogens is 1. The number of nitrogens with one attached hydrogen (secondary N) is 4. The van der Waals surface area contributed by atoms with Crippen LogP contribution in [-0.4, -0.2) is 40.0 Å². The van der Waals surface area contributed by atoms with Gasteiger partial charge in [0.1, 0.15) is 11.5 Å². The van der Waals surface area contributed by atoms with Crippen molar-refractivity contribution in [1.29, 1.82) is 0 Å². The van der Waals surface area contributed by atoms with Gasteiger partial charge in [0, 0.05) is 40.6 Å². The van der Waals surface area contributed by atoms with E-state index in [0.29, 0.717) is 27.9 Å². The number of carbonyl (C=O) groups is 1. The van der Waals surface area contributed by atoms with Crippen LogP contribution in [0, 0.1) is 5.92 Å². The Morgan fingerprint density at radius 3 is 2.17 bits per heavy atom. The summed E-state index contributed by atoms with van der Waals surface area (Å²) in [5.74, 6) is -0.392. The van der Waals surface area contributed by atoms with Crippen molar-refractivity contribution in [2.45, 2.75) is 18.3 Å². The van der Waals surface area contributed by atoms with Crippen LogP contribution in [-0.2, 0) is 14.8 Å². The van der Waals surface area contributed by atoms with Crippen molar-refractivity contribution in [3.05, 3.63) is 47.5 Å². The predicted octanol–water partition coefficient (Wildman–Crippen LogP) is 2.18. The standard InChI is InChI=1S/C19H23ClN4O5S/c1-11-17(18(25)21-14-8-15(28-2)10-16(9-14)29-3)19(23-22-11)30(26,27)24-13-6-4-12(20)5-7-13/h4-11,17,19,22-24H,1-3H3,(H,21,25). The fourth-order valence-electron chi connectivity index (χ4n) is 3.14. The Balaban J connectivity index is 1.81. The van der Waals surface area contributed by atoms with E-state index in [1.165, 1.54) is 14.2 Å². The molecule has 0 spiro atoms. The van der Waals surface area contributed by atoms with E-state index in [1.807, 2.05) is 0 Å². The molecular weight excluding hydrogens is 432 g/mol.